The van der Waals surface area contributed by atoms with Crippen molar-refractivity contribution < 1.29 is 4.74 Å². The van der Waals surface area contributed by atoms with Crippen molar-refractivity contribution in [1.29, 1.82) is 0 Å². The maximum atomic E-state index is 5.90. The molecule has 18 heavy (non-hydrogen) atoms. The van der Waals surface area contributed by atoms with Gasteiger partial charge in [-0.05, 0) is 37.5 Å². The fraction of sp³-hybridized carbons (Fsp3) is 0.250. The monoisotopic (exact) mass is 241 g/mol. The molecule has 0 saturated carbocycles. The number of hydrogen-bond acceptors (Lipinski definition) is 2. The van der Waals surface area contributed by atoms with Gasteiger partial charge in [-0.2, -0.15) is 0 Å². The normalized spacial score (nSPS) is 10.4. The molecule has 2 nitrogen and oxygen atoms in total. The Labute approximate surface area is 108 Å². The summed E-state index contributed by atoms with van der Waals surface area (Å²) >= 11 is 0. The van der Waals surface area contributed by atoms with Crippen LogP contribution in [0, 0.1) is 20.8 Å². The average Bonchev–Trinajstić information content (AvgIpc) is 2.34. The van der Waals surface area contributed by atoms with E-state index < -0.39 is 0 Å². The van der Waals surface area contributed by atoms with Crippen LogP contribution in [0.3, 0.4) is 0 Å². The molecule has 2 heteroatoms. The maximum absolute atomic E-state index is 5.90. The molecule has 0 aliphatic carbocycles. The van der Waals surface area contributed by atoms with E-state index >= 15 is 0 Å². The molecule has 0 radical (unpaired) electrons. The lowest BCUT2D eigenvalue weighted by atomic mass is 10.1. The summed E-state index contributed by atoms with van der Waals surface area (Å²) in [5.74, 6) is 0.860. The van der Waals surface area contributed by atoms with E-state index in [4.69, 9.17) is 10.5 Å². The number of rotatable bonds is 3. The third-order valence-corrected chi connectivity index (χ3v) is 3.08. The highest BCUT2D eigenvalue weighted by Gasteiger charge is 2.03. The first-order chi connectivity index (χ1) is 8.56. The van der Waals surface area contributed by atoms with Crippen LogP contribution in [0.15, 0.2) is 36.4 Å². The molecule has 94 valence electrons. The predicted octanol–water partition coefficient (Wildman–Crippen LogP) is 3.77. The van der Waals surface area contributed by atoms with Crippen LogP contribution in [0.5, 0.6) is 5.75 Å². The molecular formula is C16H19NO. The molecule has 0 saturated heterocycles. The van der Waals surface area contributed by atoms with E-state index in [9.17, 15) is 0 Å². The molecular weight excluding hydrogens is 222 g/mol. The average molecular weight is 241 g/mol. The molecule has 0 aromatic heterocycles. The van der Waals surface area contributed by atoms with Gasteiger partial charge in [-0.1, -0.05) is 35.9 Å². The highest BCUT2D eigenvalue weighted by Crippen LogP contribution is 2.25. The van der Waals surface area contributed by atoms with E-state index in [1.165, 1.54) is 11.1 Å². The van der Waals surface area contributed by atoms with Gasteiger partial charge in [-0.15, -0.1) is 0 Å². The summed E-state index contributed by atoms with van der Waals surface area (Å²) in [7, 11) is 0. The number of nitrogens with two attached hydrogens (primary N) is 1. The molecule has 2 rings (SSSR count). The highest BCUT2D eigenvalue weighted by atomic mass is 16.5. The number of aryl methyl sites for hydroxylation is 3. The smallest absolute Gasteiger partial charge is 0.124 e. The minimum Gasteiger partial charge on any atom is -0.489 e. The van der Waals surface area contributed by atoms with Gasteiger partial charge in [-0.25, -0.2) is 0 Å². The quantitative estimate of drug-likeness (QED) is 0.830. The maximum Gasteiger partial charge on any atom is 0.124 e. The molecule has 2 aromatic carbocycles. The lowest BCUT2D eigenvalue weighted by Crippen LogP contribution is -1.99. The van der Waals surface area contributed by atoms with Crippen molar-refractivity contribution in [2.24, 2.45) is 0 Å². The molecule has 0 fully saturated rings. The van der Waals surface area contributed by atoms with Gasteiger partial charge in [0.1, 0.15) is 12.4 Å². The second-order valence-corrected chi connectivity index (χ2v) is 4.75. The van der Waals surface area contributed by atoms with Crippen molar-refractivity contribution in [3.05, 3.63) is 58.7 Å². The minimum absolute atomic E-state index is 0.573. The summed E-state index contributed by atoms with van der Waals surface area (Å²) in [4.78, 5) is 0. The molecule has 0 spiro atoms. The molecule has 0 atom stereocenters. The number of ether oxygens (including phenoxy) is 1. The zero-order valence-corrected chi connectivity index (χ0v) is 11.2. The summed E-state index contributed by atoms with van der Waals surface area (Å²) in [6.07, 6.45) is 0. The molecule has 0 heterocycles. The van der Waals surface area contributed by atoms with E-state index in [2.05, 4.69) is 37.3 Å². The van der Waals surface area contributed by atoms with E-state index in [1.54, 1.807) is 0 Å². The topological polar surface area (TPSA) is 35.2 Å². The van der Waals surface area contributed by atoms with E-state index in [0.717, 1.165) is 22.6 Å². The molecule has 0 unspecified atom stereocenters. The van der Waals surface area contributed by atoms with Crippen LogP contribution in [-0.4, -0.2) is 0 Å². The predicted molar refractivity (Wildman–Crippen MR) is 75.8 cm³/mol. The third kappa shape index (κ3) is 2.83. The zero-order chi connectivity index (χ0) is 13.1. The number of benzene rings is 2. The van der Waals surface area contributed by atoms with Crippen LogP contribution >= 0.6 is 0 Å². The largest absolute Gasteiger partial charge is 0.489 e. The lowest BCUT2D eigenvalue weighted by Gasteiger charge is -2.11. The molecule has 0 aliphatic heterocycles. The molecule has 0 bridgehead atoms. The first-order valence-corrected chi connectivity index (χ1v) is 6.11. The zero-order valence-electron chi connectivity index (χ0n) is 11.2. The summed E-state index contributed by atoms with van der Waals surface area (Å²) in [6.45, 7) is 6.70. The second-order valence-electron chi connectivity index (χ2n) is 4.75. The molecule has 2 aromatic rings. The van der Waals surface area contributed by atoms with Gasteiger partial charge in [0, 0.05) is 11.8 Å². The van der Waals surface area contributed by atoms with Crippen LogP contribution in [0.1, 0.15) is 22.3 Å². The van der Waals surface area contributed by atoms with Crippen LogP contribution in [-0.2, 0) is 6.61 Å². The van der Waals surface area contributed by atoms with Gasteiger partial charge in [0.15, 0.2) is 0 Å². The SMILES string of the molecule is Cc1ccc(COc2cc(N)c(C)cc2C)cc1. The Bertz CT molecular complexity index is 544. The number of nitrogen functional groups attached to an aromatic ring is 1. The van der Waals surface area contributed by atoms with Crippen molar-refractivity contribution >= 4 is 5.69 Å². The van der Waals surface area contributed by atoms with Crippen LogP contribution in [0.4, 0.5) is 5.69 Å². The summed E-state index contributed by atoms with van der Waals surface area (Å²) in [6, 6.07) is 12.3. The third-order valence-electron chi connectivity index (χ3n) is 3.08. The van der Waals surface area contributed by atoms with E-state index in [1.807, 2.05) is 19.9 Å². The van der Waals surface area contributed by atoms with Gasteiger partial charge in [0.05, 0.1) is 0 Å². The minimum atomic E-state index is 0.573. The van der Waals surface area contributed by atoms with Crippen LogP contribution in [0.25, 0.3) is 0 Å². The van der Waals surface area contributed by atoms with Gasteiger partial charge < -0.3 is 10.5 Å². The Balaban J connectivity index is 2.10. The van der Waals surface area contributed by atoms with Gasteiger partial charge >= 0.3 is 0 Å². The Kier molecular flexibility index (Phi) is 3.56. The van der Waals surface area contributed by atoms with E-state index in [-0.39, 0.29) is 0 Å². The van der Waals surface area contributed by atoms with Gasteiger partial charge in [0.2, 0.25) is 0 Å². The summed E-state index contributed by atoms with van der Waals surface area (Å²) in [5, 5.41) is 0. The number of anilines is 1. The fourth-order valence-corrected chi connectivity index (χ4v) is 1.85. The van der Waals surface area contributed by atoms with Gasteiger partial charge in [-0.3, -0.25) is 0 Å². The van der Waals surface area contributed by atoms with Crippen molar-refractivity contribution in [1.82, 2.24) is 0 Å². The second kappa shape index (κ2) is 5.13. The number of hydrogen-bond donors (Lipinski definition) is 1. The molecule has 2 N–H and O–H groups in total. The molecule has 0 amide bonds. The summed E-state index contributed by atoms with van der Waals surface area (Å²) in [5.41, 5.74) is 11.3. The van der Waals surface area contributed by atoms with Crippen LogP contribution < -0.4 is 10.5 Å². The first-order valence-electron chi connectivity index (χ1n) is 6.11. The van der Waals surface area contributed by atoms with Gasteiger partial charge in [0.25, 0.3) is 0 Å². The van der Waals surface area contributed by atoms with Crippen molar-refractivity contribution in [3.8, 4) is 5.75 Å². The molecule has 0 aliphatic rings. The fourth-order valence-electron chi connectivity index (χ4n) is 1.85. The summed E-state index contributed by atoms with van der Waals surface area (Å²) < 4.78 is 5.82. The Morgan fingerprint density at radius 1 is 0.944 bits per heavy atom. The standard InChI is InChI=1S/C16H19NO/c1-11-4-6-14(7-5-11)10-18-16-9-15(17)12(2)8-13(16)3/h4-9H,10,17H2,1-3H3. The van der Waals surface area contributed by atoms with Crippen LogP contribution in [0.2, 0.25) is 0 Å². The van der Waals surface area contributed by atoms with Crippen molar-refractivity contribution in [3.63, 3.8) is 0 Å². The van der Waals surface area contributed by atoms with Crippen molar-refractivity contribution in [2.75, 3.05) is 5.73 Å². The lowest BCUT2D eigenvalue weighted by molar-refractivity contribution is 0.304. The first kappa shape index (κ1) is 12.5. The Morgan fingerprint density at radius 2 is 1.61 bits per heavy atom. The Morgan fingerprint density at radius 3 is 2.28 bits per heavy atom. The van der Waals surface area contributed by atoms with Crippen molar-refractivity contribution in [2.45, 2.75) is 27.4 Å². The van der Waals surface area contributed by atoms with E-state index in [0.29, 0.717) is 6.61 Å². The Hall–Kier alpha value is -1.96. The highest BCUT2D eigenvalue weighted by molar-refractivity contribution is 5.54.